The van der Waals surface area contributed by atoms with E-state index in [1.165, 1.54) is 0 Å². The molecular formula is C11H11NOS. The van der Waals surface area contributed by atoms with Gasteiger partial charge in [-0.2, -0.15) is 11.3 Å². The molecule has 2 aromatic heterocycles. The fourth-order valence-electron chi connectivity index (χ4n) is 1.28. The van der Waals surface area contributed by atoms with E-state index < -0.39 is 0 Å². The number of rotatable bonds is 3. The molecule has 2 nitrogen and oxygen atoms in total. The van der Waals surface area contributed by atoms with Gasteiger partial charge in [0.2, 0.25) is 0 Å². The Morgan fingerprint density at radius 1 is 1.29 bits per heavy atom. The van der Waals surface area contributed by atoms with Crippen molar-refractivity contribution < 1.29 is 5.11 Å². The molecule has 3 heteroatoms. The number of thiophene rings is 1. The van der Waals surface area contributed by atoms with E-state index in [1.54, 1.807) is 11.3 Å². The molecule has 0 unspecified atom stereocenters. The smallest absolute Gasteiger partial charge is 0.0710 e. The number of pyridine rings is 1. The normalized spacial score (nSPS) is 10.4. The van der Waals surface area contributed by atoms with E-state index >= 15 is 0 Å². The third-order valence-electron chi connectivity index (χ3n) is 2.04. The van der Waals surface area contributed by atoms with E-state index in [0.29, 0.717) is 6.42 Å². The van der Waals surface area contributed by atoms with Gasteiger partial charge in [0, 0.05) is 23.7 Å². The first kappa shape index (κ1) is 9.37. The van der Waals surface area contributed by atoms with Gasteiger partial charge in [-0.05, 0) is 29.5 Å². The topological polar surface area (TPSA) is 33.1 Å². The molecule has 0 aromatic carbocycles. The second-order valence-electron chi connectivity index (χ2n) is 3.04. The molecule has 14 heavy (non-hydrogen) atoms. The molecule has 0 radical (unpaired) electrons. The van der Waals surface area contributed by atoms with Gasteiger partial charge in [0.15, 0.2) is 0 Å². The van der Waals surface area contributed by atoms with Gasteiger partial charge < -0.3 is 5.11 Å². The SMILES string of the molecule is OCCc1ccc(-c2ccsc2)nc1. The van der Waals surface area contributed by atoms with Crippen LogP contribution in [0.4, 0.5) is 0 Å². The van der Waals surface area contributed by atoms with Crippen LogP contribution in [0.25, 0.3) is 11.3 Å². The largest absolute Gasteiger partial charge is 0.396 e. The molecule has 0 amide bonds. The fourth-order valence-corrected chi connectivity index (χ4v) is 1.93. The summed E-state index contributed by atoms with van der Waals surface area (Å²) in [6, 6.07) is 6.06. The molecule has 0 spiro atoms. The first-order valence-electron chi connectivity index (χ1n) is 4.48. The Labute approximate surface area is 86.9 Å². The average molecular weight is 205 g/mol. The van der Waals surface area contributed by atoms with Crippen molar-refractivity contribution in [1.82, 2.24) is 4.98 Å². The molecule has 0 saturated carbocycles. The van der Waals surface area contributed by atoms with Gasteiger partial charge >= 0.3 is 0 Å². The van der Waals surface area contributed by atoms with Gasteiger partial charge in [0.25, 0.3) is 0 Å². The van der Waals surface area contributed by atoms with Crippen molar-refractivity contribution in [1.29, 1.82) is 0 Å². The molecule has 2 rings (SSSR count). The van der Waals surface area contributed by atoms with E-state index in [0.717, 1.165) is 16.8 Å². The van der Waals surface area contributed by atoms with Crippen molar-refractivity contribution in [2.24, 2.45) is 0 Å². The van der Waals surface area contributed by atoms with Crippen molar-refractivity contribution in [3.63, 3.8) is 0 Å². The lowest BCUT2D eigenvalue weighted by Crippen LogP contribution is -1.91. The Morgan fingerprint density at radius 2 is 2.21 bits per heavy atom. The predicted molar refractivity (Wildman–Crippen MR) is 58.3 cm³/mol. The minimum absolute atomic E-state index is 0.180. The summed E-state index contributed by atoms with van der Waals surface area (Å²) >= 11 is 1.67. The van der Waals surface area contributed by atoms with Crippen molar-refractivity contribution in [3.8, 4) is 11.3 Å². The van der Waals surface area contributed by atoms with Crippen LogP contribution in [-0.4, -0.2) is 16.7 Å². The molecule has 72 valence electrons. The highest BCUT2D eigenvalue weighted by molar-refractivity contribution is 7.08. The van der Waals surface area contributed by atoms with Crippen LogP contribution in [0.2, 0.25) is 0 Å². The lowest BCUT2D eigenvalue weighted by Gasteiger charge is -1.99. The highest BCUT2D eigenvalue weighted by Crippen LogP contribution is 2.19. The van der Waals surface area contributed by atoms with Crippen LogP contribution in [0.15, 0.2) is 35.2 Å². The van der Waals surface area contributed by atoms with Gasteiger partial charge in [0.05, 0.1) is 5.69 Å². The van der Waals surface area contributed by atoms with Crippen LogP contribution in [-0.2, 0) is 6.42 Å². The van der Waals surface area contributed by atoms with Gasteiger partial charge in [-0.1, -0.05) is 6.07 Å². The standard InChI is InChI=1S/C11H11NOS/c13-5-3-9-1-2-11(12-7-9)10-4-6-14-8-10/h1-2,4,6-8,13H,3,5H2. The zero-order valence-electron chi connectivity index (χ0n) is 7.68. The van der Waals surface area contributed by atoms with E-state index in [1.807, 2.05) is 23.7 Å². The third-order valence-corrected chi connectivity index (χ3v) is 2.73. The number of aliphatic hydroxyl groups is 1. The van der Waals surface area contributed by atoms with E-state index in [2.05, 4.69) is 16.4 Å². The van der Waals surface area contributed by atoms with Crippen LogP contribution < -0.4 is 0 Å². The zero-order valence-corrected chi connectivity index (χ0v) is 8.50. The summed E-state index contributed by atoms with van der Waals surface area (Å²) in [7, 11) is 0. The highest BCUT2D eigenvalue weighted by atomic mass is 32.1. The molecule has 0 aliphatic rings. The van der Waals surface area contributed by atoms with Crippen LogP contribution in [0, 0.1) is 0 Å². The van der Waals surface area contributed by atoms with Gasteiger partial charge in [-0.3, -0.25) is 4.98 Å². The third kappa shape index (κ3) is 2.00. The van der Waals surface area contributed by atoms with E-state index in [4.69, 9.17) is 5.11 Å². The van der Waals surface area contributed by atoms with Gasteiger partial charge in [-0.15, -0.1) is 0 Å². The maximum absolute atomic E-state index is 8.75. The summed E-state index contributed by atoms with van der Waals surface area (Å²) in [6.45, 7) is 0.180. The summed E-state index contributed by atoms with van der Waals surface area (Å²) in [4.78, 5) is 4.34. The van der Waals surface area contributed by atoms with Crippen molar-refractivity contribution in [2.45, 2.75) is 6.42 Å². The minimum atomic E-state index is 0.180. The van der Waals surface area contributed by atoms with Crippen molar-refractivity contribution in [3.05, 3.63) is 40.7 Å². The van der Waals surface area contributed by atoms with Gasteiger partial charge in [-0.25, -0.2) is 0 Å². The van der Waals surface area contributed by atoms with Gasteiger partial charge in [0.1, 0.15) is 0 Å². The molecule has 0 atom stereocenters. The maximum Gasteiger partial charge on any atom is 0.0710 e. The van der Waals surface area contributed by atoms with E-state index in [9.17, 15) is 0 Å². The molecule has 1 N–H and O–H groups in total. The maximum atomic E-state index is 8.75. The zero-order chi connectivity index (χ0) is 9.80. The Hall–Kier alpha value is -1.19. The summed E-state index contributed by atoms with van der Waals surface area (Å²) in [5, 5.41) is 12.9. The highest BCUT2D eigenvalue weighted by Gasteiger charge is 1.99. The average Bonchev–Trinajstić information content (AvgIpc) is 2.72. The number of aliphatic hydroxyl groups excluding tert-OH is 1. The van der Waals surface area contributed by atoms with Crippen LogP contribution in [0.3, 0.4) is 0 Å². The van der Waals surface area contributed by atoms with Crippen LogP contribution in [0.5, 0.6) is 0 Å². The quantitative estimate of drug-likeness (QED) is 0.834. The molecule has 0 fully saturated rings. The Bertz CT molecular complexity index is 380. The van der Waals surface area contributed by atoms with Crippen molar-refractivity contribution >= 4 is 11.3 Å². The number of hydrogen-bond donors (Lipinski definition) is 1. The molecule has 0 aliphatic carbocycles. The Kier molecular flexibility index (Phi) is 2.91. The summed E-state index contributed by atoms with van der Waals surface area (Å²) in [5.74, 6) is 0. The lowest BCUT2D eigenvalue weighted by molar-refractivity contribution is 0.299. The first-order valence-corrected chi connectivity index (χ1v) is 5.43. The summed E-state index contributed by atoms with van der Waals surface area (Å²) < 4.78 is 0. The van der Waals surface area contributed by atoms with Crippen LogP contribution >= 0.6 is 11.3 Å². The minimum Gasteiger partial charge on any atom is -0.396 e. The Balaban J connectivity index is 2.22. The molecule has 2 aromatic rings. The lowest BCUT2D eigenvalue weighted by atomic mass is 10.1. The molecule has 0 aliphatic heterocycles. The summed E-state index contributed by atoms with van der Waals surface area (Å²) in [5.41, 5.74) is 3.23. The number of aromatic nitrogens is 1. The number of hydrogen-bond acceptors (Lipinski definition) is 3. The van der Waals surface area contributed by atoms with Crippen molar-refractivity contribution in [2.75, 3.05) is 6.61 Å². The monoisotopic (exact) mass is 205 g/mol. The fraction of sp³-hybridized carbons (Fsp3) is 0.182. The number of nitrogens with zero attached hydrogens (tertiary/aromatic N) is 1. The van der Waals surface area contributed by atoms with Crippen LogP contribution in [0.1, 0.15) is 5.56 Å². The molecule has 0 saturated heterocycles. The summed E-state index contributed by atoms with van der Waals surface area (Å²) in [6.07, 6.45) is 2.50. The molecular weight excluding hydrogens is 194 g/mol. The first-order chi connectivity index (χ1) is 6.90. The molecule has 0 bridgehead atoms. The second kappa shape index (κ2) is 4.35. The molecule has 2 heterocycles. The second-order valence-corrected chi connectivity index (χ2v) is 3.82. The van der Waals surface area contributed by atoms with E-state index in [-0.39, 0.29) is 6.61 Å². The predicted octanol–water partition coefficient (Wildman–Crippen LogP) is 2.34. The Morgan fingerprint density at radius 3 is 2.79 bits per heavy atom.